The molecule has 0 unspecified atom stereocenters. The molecule has 1 fully saturated rings. The average molecular weight is 385 g/mol. The largest absolute Gasteiger partial charge is 0.484 e. The number of carbonyl (C=O) groups excluding carboxylic acids is 1. The number of rotatable bonds is 8. The summed E-state index contributed by atoms with van der Waals surface area (Å²) in [5.41, 5.74) is -0.832. The van der Waals surface area contributed by atoms with Crippen LogP contribution in [0.5, 0.6) is 5.75 Å². The molecule has 0 atom stereocenters. The number of hydrogen-bond donors (Lipinski definition) is 0. The van der Waals surface area contributed by atoms with E-state index in [0.29, 0.717) is 26.3 Å². The lowest BCUT2D eigenvalue weighted by atomic mass is 10.2. The van der Waals surface area contributed by atoms with Crippen LogP contribution in [0.25, 0.3) is 0 Å². The van der Waals surface area contributed by atoms with Crippen molar-refractivity contribution in [2.45, 2.75) is 12.6 Å². The van der Waals surface area contributed by atoms with Gasteiger partial charge in [-0.2, -0.15) is 18.4 Å². The molecule has 148 valence electrons. The normalized spacial score (nSPS) is 15.2. The Hall–Kier alpha value is -2.31. The molecule has 2 rings (SSSR count). The number of hydrogen-bond acceptors (Lipinski definition) is 5. The van der Waals surface area contributed by atoms with Crippen LogP contribution in [0.15, 0.2) is 24.3 Å². The number of ether oxygens (including phenoxy) is 2. The number of benzene rings is 1. The van der Waals surface area contributed by atoms with E-state index in [1.54, 1.807) is 0 Å². The summed E-state index contributed by atoms with van der Waals surface area (Å²) in [5, 5.41) is 8.78. The van der Waals surface area contributed by atoms with Crippen LogP contribution in [0.1, 0.15) is 12.0 Å². The summed E-state index contributed by atoms with van der Waals surface area (Å²) < 4.78 is 48.7. The number of nitriles is 1. The van der Waals surface area contributed by atoms with E-state index in [1.165, 1.54) is 17.0 Å². The van der Waals surface area contributed by atoms with Gasteiger partial charge in [0, 0.05) is 32.7 Å². The summed E-state index contributed by atoms with van der Waals surface area (Å²) in [7, 11) is 0. The van der Waals surface area contributed by atoms with Gasteiger partial charge in [0.1, 0.15) is 5.75 Å². The van der Waals surface area contributed by atoms with E-state index in [0.717, 1.165) is 25.2 Å². The zero-order valence-corrected chi connectivity index (χ0v) is 14.9. The molecule has 1 heterocycles. The zero-order chi connectivity index (χ0) is 19.7. The highest BCUT2D eigenvalue weighted by atomic mass is 19.4. The van der Waals surface area contributed by atoms with E-state index in [2.05, 4.69) is 4.90 Å². The molecule has 1 aromatic rings. The molecule has 1 saturated heterocycles. The summed E-state index contributed by atoms with van der Waals surface area (Å²) >= 11 is 0. The Bertz CT molecular complexity index is 655. The summed E-state index contributed by atoms with van der Waals surface area (Å²) in [5.74, 6) is -0.387. The molecule has 0 saturated carbocycles. The molecule has 1 aliphatic rings. The topological polar surface area (TPSA) is 65.8 Å². The molecule has 0 bridgehead atoms. The van der Waals surface area contributed by atoms with Crippen LogP contribution in [-0.4, -0.2) is 68.3 Å². The van der Waals surface area contributed by atoms with Crippen LogP contribution < -0.4 is 4.74 Å². The second-order valence-electron chi connectivity index (χ2n) is 6.06. The van der Waals surface area contributed by atoms with Gasteiger partial charge in [0.05, 0.1) is 31.3 Å². The molecular weight excluding hydrogens is 363 g/mol. The predicted octanol–water partition coefficient (Wildman–Crippen LogP) is 2.16. The van der Waals surface area contributed by atoms with E-state index in [4.69, 9.17) is 14.7 Å². The quantitative estimate of drug-likeness (QED) is 0.686. The fourth-order valence-electron chi connectivity index (χ4n) is 2.63. The molecule has 6 nitrogen and oxygen atoms in total. The van der Waals surface area contributed by atoms with Crippen LogP contribution in [0.2, 0.25) is 0 Å². The van der Waals surface area contributed by atoms with Crippen molar-refractivity contribution in [3.63, 3.8) is 0 Å². The number of carbonyl (C=O) groups is 1. The van der Waals surface area contributed by atoms with Gasteiger partial charge in [0.25, 0.3) is 5.91 Å². The monoisotopic (exact) mass is 385 g/mol. The second-order valence-corrected chi connectivity index (χ2v) is 6.06. The van der Waals surface area contributed by atoms with E-state index in [-0.39, 0.29) is 31.2 Å². The van der Waals surface area contributed by atoms with Crippen molar-refractivity contribution in [3.05, 3.63) is 29.8 Å². The first-order valence-corrected chi connectivity index (χ1v) is 8.65. The van der Waals surface area contributed by atoms with Crippen molar-refractivity contribution >= 4 is 5.91 Å². The van der Waals surface area contributed by atoms with Crippen molar-refractivity contribution in [2.24, 2.45) is 0 Å². The average Bonchev–Trinajstić information content (AvgIpc) is 2.66. The highest BCUT2D eigenvalue weighted by molar-refractivity contribution is 5.77. The van der Waals surface area contributed by atoms with Crippen LogP contribution in [0.4, 0.5) is 13.2 Å². The Kier molecular flexibility index (Phi) is 7.88. The van der Waals surface area contributed by atoms with Crippen LogP contribution in [0, 0.1) is 11.3 Å². The summed E-state index contributed by atoms with van der Waals surface area (Å²) in [6.45, 7) is 3.79. The molecule has 27 heavy (non-hydrogen) atoms. The summed E-state index contributed by atoms with van der Waals surface area (Å²) in [4.78, 5) is 16.1. The smallest absolute Gasteiger partial charge is 0.416 e. The first kappa shape index (κ1) is 21.0. The Balaban J connectivity index is 1.89. The van der Waals surface area contributed by atoms with E-state index >= 15 is 0 Å². The van der Waals surface area contributed by atoms with Crippen molar-refractivity contribution < 1.29 is 27.4 Å². The van der Waals surface area contributed by atoms with Crippen LogP contribution in [-0.2, 0) is 15.7 Å². The Labute approximate surface area is 156 Å². The maximum absolute atomic E-state index is 12.7. The van der Waals surface area contributed by atoms with Gasteiger partial charge in [-0.05, 0) is 18.2 Å². The number of alkyl halides is 3. The minimum Gasteiger partial charge on any atom is -0.484 e. The fourth-order valence-corrected chi connectivity index (χ4v) is 2.63. The Morgan fingerprint density at radius 2 is 2.04 bits per heavy atom. The molecule has 0 aromatic heterocycles. The third-order valence-electron chi connectivity index (χ3n) is 4.16. The van der Waals surface area contributed by atoms with Gasteiger partial charge in [0.15, 0.2) is 6.61 Å². The second kappa shape index (κ2) is 10.1. The lowest BCUT2D eigenvalue weighted by Gasteiger charge is -2.29. The SMILES string of the molecule is N#CCCN(CCN1CCOCC1)C(=O)COc1cccc(C(F)(F)F)c1. The highest BCUT2D eigenvalue weighted by Gasteiger charge is 2.30. The number of nitrogens with zero attached hydrogens (tertiary/aromatic N) is 3. The molecule has 1 aliphatic heterocycles. The standard InChI is InChI=1S/C18H22F3N3O3/c19-18(20,21)15-3-1-4-16(13-15)27-14-17(25)24(6-2-5-22)8-7-23-9-11-26-12-10-23/h1,3-4,13H,2,6-12,14H2. The van der Waals surface area contributed by atoms with Gasteiger partial charge in [-0.25, -0.2) is 0 Å². The van der Waals surface area contributed by atoms with Crippen molar-refractivity contribution in [3.8, 4) is 11.8 Å². The number of halogens is 3. The Morgan fingerprint density at radius 3 is 2.70 bits per heavy atom. The lowest BCUT2D eigenvalue weighted by molar-refractivity contribution is -0.137. The van der Waals surface area contributed by atoms with Gasteiger partial charge >= 0.3 is 6.18 Å². The predicted molar refractivity (Wildman–Crippen MR) is 91.0 cm³/mol. The highest BCUT2D eigenvalue weighted by Crippen LogP contribution is 2.31. The number of amides is 1. The van der Waals surface area contributed by atoms with Gasteiger partial charge in [-0.15, -0.1) is 0 Å². The maximum Gasteiger partial charge on any atom is 0.416 e. The van der Waals surface area contributed by atoms with Crippen LogP contribution >= 0.6 is 0 Å². The summed E-state index contributed by atoms with van der Waals surface area (Å²) in [6, 6.07) is 6.40. The molecule has 0 spiro atoms. The van der Waals surface area contributed by atoms with Gasteiger partial charge < -0.3 is 14.4 Å². The number of morpholine rings is 1. The molecule has 0 aliphatic carbocycles. The third-order valence-corrected chi connectivity index (χ3v) is 4.16. The third kappa shape index (κ3) is 7.07. The Morgan fingerprint density at radius 1 is 1.30 bits per heavy atom. The molecule has 0 radical (unpaired) electrons. The van der Waals surface area contributed by atoms with Crippen molar-refractivity contribution in [1.82, 2.24) is 9.80 Å². The van der Waals surface area contributed by atoms with E-state index < -0.39 is 11.7 Å². The fraction of sp³-hybridized carbons (Fsp3) is 0.556. The molecule has 9 heteroatoms. The minimum absolute atomic E-state index is 0.0217. The molecular formula is C18H22F3N3O3. The van der Waals surface area contributed by atoms with Gasteiger partial charge in [-0.1, -0.05) is 6.07 Å². The maximum atomic E-state index is 12.7. The van der Waals surface area contributed by atoms with Crippen LogP contribution in [0.3, 0.4) is 0 Å². The molecule has 0 N–H and O–H groups in total. The van der Waals surface area contributed by atoms with Crippen molar-refractivity contribution in [2.75, 3.05) is 52.5 Å². The van der Waals surface area contributed by atoms with Crippen molar-refractivity contribution in [1.29, 1.82) is 5.26 Å². The first-order chi connectivity index (χ1) is 12.9. The molecule has 1 aromatic carbocycles. The first-order valence-electron chi connectivity index (χ1n) is 8.65. The minimum atomic E-state index is -4.47. The van der Waals surface area contributed by atoms with E-state index in [9.17, 15) is 18.0 Å². The van der Waals surface area contributed by atoms with E-state index in [1.807, 2.05) is 6.07 Å². The molecule has 1 amide bonds. The lowest BCUT2D eigenvalue weighted by Crippen LogP contribution is -2.44. The summed E-state index contributed by atoms with van der Waals surface area (Å²) in [6.07, 6.45) is -4.29. The zero-order valence-electron chi connectivity index (χ0n) is 14.9. The van der Waals surface area contributed by atoms with Gasteiger partial charge in [0.2, 0.25) is 0 Å². The van der Waals surface area contributed by atoms with Gasteiger partial charge in [-0.3, -0.25) is 9.69 Å².